The van der Waals surface area contributed by atoms with Gasteiger partial charge in [-0.2, -0.15) is 0 Å². The summed E-state index contributed by atoms with van der Waals surface area (Å²) in [6.45, 7) is 4.78. The molecule has 0 aromatic carbocycles. The van der Waals surface area contributed by atoms with Gasteiger partial charge in [-0.25, -0.2) is 9.97 Å². The van der Waals surface area contributed by atoms with Gasteiger partial charge in [-0.05, 0) is 63.6 Å². The van der Waals surface area contributed by atoms with Gasteiger partial charge >= 0.3 is 0 Å². The summed E-state index contributed by atoms with van der Waals surface area (Å²) >= 11 is 1.87. The van der Waals surface area contributed by atoms with Crippen molar-refractivity contribution in [1.29, 1.82) is 0 Å². The van der Waals surface area contributed by atoms with E-state index in [9.17, 15) is 0 Å². The van der Waals surface area contributed by atoms with Gasteiger partial charge in [0.2, 0.25) is 0 Å². The number of aromatic nitrogens is 2. The summed E-state index contributed by atoms with van der Waals surface area (Å²) in [6, 6.07) is 1.19. The number of rotatable bonds is 3. The van der Waals surface area contributed by atoms with Crippen molar-refractivity contribution in [1.82, 2.24) is 14.9 Å². The molecule has 0 saturated heterocycles. The standard InChI is InChI=1S/C19H28N4S/c1-11-8-13(23(3)4)9-12(2)17(11)22-18-16-14-6-5-7-15(14)24-19(16)21-10-20-18/h10-13,17H,5-9H2,1-4H3,(H,20,21,22)/t11-,12+,13-,17?. The van der Waals surface area contributed by atoms with Crippen LogP contribution in [-0.4, -0.2) is 41.0 Å². The van der Waals surface area contributed by atoms with E-state index in [0.29, 0.717) is 23.9 Å². The maximum atomic E-state index is 4.65. The van der Waals surface area contributed by atoms with Crippen LogP contribution in [0.5, 0.6) is 0 Å². The highest BCUT2D eigenvalue weighted by molar-refractivity contribution is 7.19. The lowest BCUT2D eigenvalue weighted by Crippen LogP contribution is -2.46. The molecule has 5 heteroatoms. The first-order valence-corrected chi connectivity index (χ1v) is 10.0. The second-order valence-corrected chi connectivity index (χ2v) is 9.06. The monoisotopic (exact) mass is 344 g/mol. The Morgan fingerprint density at radius 3 is 2.58 bits per heavy atom. The summed E-state index contributed by atoms with van der Waals surface area (Å²) in [4.78, 5) is 14.3. The minimum Gasteiger partial charge on any atom is -0.366 e. The van der Waals surface area contributed by atoms with Crippen LogP contribution >= 0.6 is 11.3 Å². The third kappa shape index (κ3) is 2.72. The predicted octanol–water partition coefficient (Wildman–Crippen LogP) is 3.96. The maximum Gasteiger partial charge on any atom is 0.138 e. The van der Waals surface area contributed by atoms with Crippen LogP contribution in [0.4, 0.5) is 5.82 Å². The molecule has 1 N–H and O–H groups in total. The van der Waals surface area contributed by atoms with Crippen LogP contribution < -0.4 is 5.32 Å². The summed E-state index contributed by atoms with van der Waals surface area (Å²) in [5, 5.41) is 5.15. The highest BCUT2D eigenvalue weighted by Gasteiger charge is 2.34. The minimum absolute atomic E-state index is 0.497. The number of fused-ring (bicyclic) bond motifs is 3. The molecule has 0 amide bonds. The van der Waals surface area contributed by atoms with Crippen LogP contribution in [0, 0.1) is 11.8 Å². The molecule has 2 aromatic rings. The largest absolute Gasteiger partial charge is 0.366 e. The third-order valence-corrected chi connectivity index (χ3v) is 7.25. The van der Waals surface area contributed by atoms with Crippen LogP contribution in [0.2, 0.25) is 0 Å². The molecule has 4 nitrogen and oxygen atoms in total. The number of hydrogen-bond donors (Lipinski definition) is 1. The summed E-state index contributed by atoms with van der Waals surface area (Å²) in [6.07, 6.45) is 7.94. The molecule has 0 radical (unpaired) electrons. The van der Waals surface area contributed by atoms with E-state index in [2.05, 4.69) is 48.1 Å². The molecular formula is C19H28N4S. The van der Waals surface area contributed by atoms with Crippen LogP contribution in [0.15, 0.2) is 6.33 Å². The third-order valence-electron chi connectivity index (χ3n) is 6.05. The lowest BCUT2D eigenvalue weighted by molar-refractivity contribution is 0.143. The highest BCUT2D eigenvalue weighted by Crippen LogP contribution is 2.40. The van der Waals surface area contributed by atoms with Crippen molar-refractivity contribution in [2.24, 2.45) is 11.8 Å². The topological polar surface area (TPSA) is 41.0 Å². The summed E-state index contributed by atoms with van der Waals surface area (Å²) in [5.41, 5.74) is 1.51. The Morgan fingerprint density at radius 2 is 1.88 bits per heavy atom. The zero-order valence-electron chi connectivity index (χ0n) is 15.2. The lowest BCUT2D eigenvalue weighted by atomic mass is 9.75. The van der Waals surface area contributed by atoms with Gasteiger partial charge in [0.1, 0.15) is 17.0 Å². The van der Waals surface area contributed by atoms with E-state index >= 15 is 0 Å². The van der Waals surface area contributed by atoms with Gasteiger partial charge in [0.05, 0.1) is 5.39 Å². The number of nitrogens with zero attached hydrogens (tertiary/aromatic N) is 3. The van der Waals surface area contributed by atoms with Gasteiger partial charge in [0.25, 0.3) is 0 Å². The van der Waals surface area contributed by atoms with Crippen molar-refractivity contribution >= 4 is 27.4 Å². The fourth-order valence-corrected chi connectivity index (χ4v) is 5.94. The van der Waals surface area contributed by atoms with Gasteiger partial charge in [-0.15, -0.1) is 11.3 Å². The van der Waals surface area contributed by atoms with Gasteiger partial charge in [0, 0.05) is 17.0 Å². The number of anilines is 1. The average molecular weight is 345 g/mol. The first-order valence-electron chi connectivity index (χ1n) is 9.22. The Hall–Kier alpha value is -1.20. The fraction of sp³-hybridized carbons (Fsp3) is 0.684. The quantitative estimate of drug-likeness (QED) is 0.915. The number of hydrogen-bond acceptors (Lipinski definition) is 5. The lowest BCUT2D eigenvalue weighted by Gasteiger charge is -2.42. The van der Waals surface area contributed by atoms with E-state index in [1.165, 1.54) is 52.8 Å². The molecule has 4 atom stereocenters. The molecule has 1 saturated carbocycles. The molecule has 130 valence electrons. The minimum atomic E-state index is 0.497. The Kier molecular flexibility index (Phi) is 4.25. The SMILES string of the molecule is C[C@@H]1C[C@@H](N(C)C)C[C@H](C)C1Nc1ncnc2sc3c(c12)CCC3. The van der Waals surface area contributed by atoms with Crippen molar-refractivity contribution < 1.29 is 0 Å². The molecule has 2 aromatic heterocycles. The molecule has 2 heterocycles. The van der Waals surface area contributed by atoms with E-state index in [-0.39, 0.29) is 0 Å². The fourth-order valence-electron chi connectivity index (χ4n) is 4.71. The Labute approximate surface area is 148 Å². The zero-order valence-corrected chi connectivity index (χ0v) is 16.0. The second-order valence-electron chi connectivity index (χ2n) is 7.97. The Morgan fingerprint density at radius 1 is 1.12 bits per heavy atom. The molecule has 4 rings (SSSR count). The van der Waals surface area contributed by atoms with Gasteiger partial charge in [-0.3, -0.25) is 0 Å². The molecule has 2 aliphatic rings. The Bertz CT molecular complexity index is 726. The molecule has 1 fully saturated rings. The van der Waals surface area contributed by atoms with Gasteiger partial charge in [0.15, 0.2) is 0 Å². The van der Waals surface area contributed by atoms with Gasteiger partial charge < -0.3 is 10.2 Å². The first kappa shape index (κ1) is 16.3. The van der Waals surface area contributed by atoms with Crippen LogP contribution in [0.25, 0.3) is 10.2 Å². The van der Waals surface area contributed by atoms with Crippen LogP contribution in [-0.2, 0) is 12.8 Å². The van der Waals surface area contributed by atoms with E-state index in [4.69, 9.17) is 0 Å². The number of aryl methyl sites for hydroxylation is 2. The smallest absolute Gasteiger partial charge is 0.138 e. The average Bonchev–Trinajstić information content (AvgIpc) is 3.11. The zero-order chi connectivity index (χ0) is 16.8. The number of thiophene rings is 1. The molecule has 1 unspecified atom stereocenters. The van der Waals surface area contributed by atoms with E-state index in [1.54, 1.807) is 6.33 Å². The highest BCUT2D eigenvalue weighted by atomic mass is 32.1. The maximum absolute atomic E-state index is 4.65. The molecule has 0 bridgehead atoms. The van der Waals surface area contributed by atoms with E-state index in [1.807, 2.05) is 11.3 Å². The van der Waals surface area contributed by atoms with Crippen LogP contribution in [0.1, 0.15) is 43.6 Å². The number of nitrogens with one attached hydrogen (secondary N) is 1. The molecular weight excluding hydrogens is 316 g/mol. The molecule has 24 heavy (non-hydrogen) atoms. The van der Waals surface area contributed by atoms with Crippen LogP contribution in [0.3, 0.4) is 0 Å². The predicted molar refractivity (Wildman–Crippen MR) is 102 cm³/mol. The summed E-state index contributed by atoms with van der Waals surface area (Å²) < 4.78 is 0. The molecule has 0 aliphatic heterocycles. The van der Waals surface area contributed by atoms with Crippen molar-refractivity contribution in [3.05, 3.63) is 16.8 Å². The van der Waals surface area contributed by atoms with Gasteiger partial charge in [-0.1, -0.05) is 13.8 Å². The molecule has 0 spiro atoms. The van der Waals surface area contributed by atoms with Crippen molar-refractivity contribution in [2.75, 3.05) is 19.4 Å². The van der Waals surface area contributed by atoms with Crippen molar-refractivity contribution in [3.63, 3.8) is 0 Å². The normalized spacial score (nSPS) is 30.0. The van der Waals surface area contributed by atoms with E-state index < -0.39 is 0 Å². The van der Waals surface area contributed by atoms with E-state index in [0.717, 1.165) is 5.82 Å². The second kappa shape index (κ2) is 6.26. The van der Waals surface area contributed by atoms with Crippen molar-refractivity contribution in [3.8, 4) is 0 Å². The summed E-state index contributed by atoms with van der Waals surface area (Å²) in [5.74, 6) is 2.38. The van der Waals surface area contributed by atoms with Crippen molar-refractivity contribution in [2.45, 2.75) is 58.0 Å². The Balaban J connectivity index is 1.63. The molecule has 2 aliphatic carbocycles. The first-order chi connectivity index (χ1) is 11.5. The summed E-state index contributed by atoms with van der Waals surface area (Å²) in [7, 11) is 4.42.